The predicted molar refractivity (Wildman–Crippen MR) is 104 cm³/mol. The number of alkyl halides is 1. The SMILES string of the molecule is NC(=O)c1ccc(F)c(-c2ccc(NCC3(c4ncccc4F)CC(F)C3)nn2)c1. The van der Waals surface area contributed by atoms with E-state index in [0.29, 0.717) is 5.82 Å². The van der Waals surface area contributed by atoms with E-state index in [2.05, 4.69) is 20.5 Å². The molecule has 0 saturated heterocycles. The third kappa shape index (κ3) is 3.70. The topological polar surface area (TPSA) is 93.8 Å². The second-order valence-electron chi connectivity index (χ2n) is 7.34. The first-order valence-corrected chi connectivity index (χ1v) is 9.30. The largest absolute Gasteiger partial charge is 0.368 e. The molecule has 30 heavy (non-hydrogen) atoms. The van der Waals surface area contributed by atoms with E-state index in [9.17, 15) is 18.0 Å². The van der Waals surface area contributed by atoms with Crippen LogP contribution in [0.25, 0.3) is 11.3 Å². The molecule has 6 nitrogen and oxygen atoms in total. The van der Waals surface area contributed by atoms with Crippen LogP contribution < -0.4 is 11.1 Å². The number of carbonyl (C=O) groups excluding carboxylic acids is 1. The molecule has 0 atom stereocenters. The molecule has 1 aromatic carbocycles. The summed E-state index contributed by atoms with van der Waals surface area (Å²) in [4.78, 5) is 15.4. The highest BCUT2D eigenvalue weighted by Gasteiger charge is 2.48. The van der Waals surface area contributed by atoms with Crippen LogP contribution in [0.3, 0.4) is 0 Å². The first kappa shape index (κ1) is 19.8. The van der Waals surface area contributed by atoms with E-state index in [1.807, 2.05) is 0 Å². The molecule has 1 amide bonds. The van der Waals surface area contributed by atoms with Crippen molar-refractivity contribution < 1.29 is 18.0 Å². The average Bonchev–Trinajstić information content (AvgIpc) is 2.71. The number of anilines is 1. The van der Waals surface area contributed by atoms with Crippen LogP contribution in [-0.2, 0) is 5.41 Å². The normalized spacial score (nSPS) is 20.4. The van der Waals surface area contributed by atoms with Crippen LogP contribution in [0.1, 0.15) is 28.9 Å². The highest BCUT2D eigenvalue weighted by Crippen LogP contribution is 2.45. The monoisotopic (exact) mass is 413 g/mol. The van der Waals surface area contributed by atoms with Gasteiger partial charge in [0, 0.05) is 29.3 Å². The number of nitrogens with two attached hydrogens (primary N) is 1. The van der Waals surface area contributed by atoms with Crippen LogP contribution in [-0.4, -0.2) is 33.8 Å². The minimum Gasteiger partial charge on any atom is -0.368 e. The molecule has 0 unspecified atom stereocenters. The second-order valence-corrected chi connectivity index (χ2v) is 7.34. The van der Waals surface area contributed by atoms with Gasteiger partial charge in [0.15, 0.2) is 0 Å². The Kier molecular flexibility index (Phi) is 5.11. The van der Waals surface area contributed by atoms with Crippen LogP contribution in [0.4, 0.5) is 19.0 Å². The Labute approximate surface area is 170 Å². The molecule has 4 rings (SSSR count). The molecular formula is C21H18F3N5O. The van der Waals surface area contributed by atoms with Crippen molar-refractivity contribution in [2.24, 2.45) is 5.73 Å². The van der Waals surface area contributed by atoms with E-state index in [0.717, 1.165) is 6.07 Å². The minimum absolute atomic E-state index is 0.0941. The van der Waals surface area contributed by atoms with Crippen LogP contribution in [0, 0.1) is 11.6 Å². The van der Waals surface area contributed by atoms with Gasteiger partial charge in [0.2, 0.25) is 5.91 Å². The van der Waals surface area contributed by atoms with Crippen molar-refractivity contribution in [3.8, 4) is 11.3 Å². The summed E-state index contributed by atoms with van der Waals surface area (Å²) in [6.45, 7) is 0.223. The fraction of sp³-hybridized carbons (Fsp3) is 0.238. The molecule has 2 heterocycles. The molecule has 1 saturated carbocycles. The van der Waals surface area contributed by atoms with E-state index >= 15 is 0 Å². The molecule has 1 fully saturated rings. The number of pyridine rings is 1. The summed E-state index contributed by atoms with van der Waals surface area (Å²) >= 11 is 0. The van der Waals surface area contributed by atoms with E-state index in [-0.39, 0.29) is 41.9 Å². The number of hydrogen-bond acceptors (Lipinski definition) is 5. The van der Waals surface area contributed by atoms with Crippen LogP contribution in [0.15, 0.2) is 48.7 Å². The van der Waals surface area contributed by atoms with Crippen molar-refractivity contribution in [2.45, 2.75) is 24.4 Å². The van der Waals surface area contributed by atoms with Gasteiger partial charge in [-0.2, -0.15) is 0 Å². The van der Waals surface area contributed by atoms with Crippen LogP contribution >= 0.6 is 0 Å². The van der Waals surface area contributed by atoms with Gasteiger partial charge in [0.25, 0.3) is 0 Å². The molecule has 3 N–H and O–H groups in total. The molecule has 9 heteroatoms. The van der Waals surface area contributed by atoms with Crippen molar-refractivity contribution >= 4 is 11.7 Å². The van der Waals surface area contributed by atoms with Gasteiger partial charge in [0.05, 0.1) is 11.4 Å². The highest BCUT2D eigenvalue weighted by atomic mass is 19.1. The average molecular weight is 413 g/mol. The molecule has 1 aliphatic carbocycles. The number of aromatic nitrogens is 3. The van der Waals surface area contributed by atoms with Crippen molar-refractivity contribution in [2.75, 3.05) is 11.9 Å². The Hall–Kier alpha value is -3.49. The Bertz CT molecular complexity index is 1080. The minimum atomic E-state index is -1.01. The van der Waals surface area contributed by atoms with Crippen molar-refractivity contribution in [3.63, 3.8) is 0 Å². The lowest BCUT2D eigenvalue weighted by molar-refractivity contribution is 0.0963. The summed E-state index contributed by atoms with van der Waals surface area (Å²) < 4.78 is 42.0. The van der Waals surface area contributed by atoms with Gasteiger partial charge in [-0.15, -0.1) is 10.2 Å². The maximum absolute atomic E-state index is 14.2. The number of nitrogens with one attached hydrogen (secondary N) is 1. The zero-order valence-corrected chi connectivity index (χ0v) is 15.8. The molecule has 2 aromatic heterocycles. The zero-order chi connectivity index (χ0) is 21.3. The molecule has 0 spiro atoms. The van der Waals surface area contributed by atoms with E-state index in [1.54, 1.807) is 6.07 Å². The number of halogens is 3. The van der Waals surface area contributed by atoms with Gasteiger partial charge in [-0.3, -0.25) is 9.78 Å². The Morgan fingerprint density at radius 1 is 1.13 bits per heavy atom. The van der Waals surface area contributed by atoms with Crippen molar-refractivity contribution in [1.82, 2.24) is 15.2 Å². The fourth-order valence-electron chi connectivity index (χ4n) is 3.69. The molecular weight excluding hydrogens is 395 g/mol. The quantitative estimate of drug-likeness (QED) is 0.646. The first-order chi connectivity index (χ1) is 14.4. The Balaban J connectivity index is 1.52. The number of nitrogens with zero attached hydrogens (tertiary/aromatic N) is 3. The summed E-state index contributed by atoms with van der Waals surface area (Å²) in [6.07, 6.45) is 0.784. The highest BCUT2D eigenvalue weighted by molar-refractivity contribution is 5.94. The maximum Gasteiger partial charge on any atom is 0.248 e. The number of rotatable bonds is 6. The summed E-state index contributed by atoms with van der Waals surface area (Å²) in [7, 11) is 0. The Morgan fingerprint density at radius 3 is 2.57 bits per heavy atom. The molecule has 0 radical (unpaired) electrons. The number of primary amides is 1. The lowest BCUT2D eigenvalue weighted by Crippen LogP contribution is -2.49. The van der Waals surface area contributed by atoms with Crippen LogP contribution in [0.5, 0.6) is 0 Å². The van der Waals surface area contributed by atoms with Gasteiger partial charge in [-0.1, -0.05) is 0 Å². The summed E-state index contributed by atoms with van der Waals surface area (Å²) in [5.74, 6) is -1.36. The summed E-state index contributed by atoms with van der Waals surface area (Å²) in [5.41, 5.74) is 5.16. The standard InChI is InChI=1S/C21H18F3N5O/c22-13-9-21(10-13,19-16(24)2-1-7-26-19)11-27-18-6-5-17(28-29-18)14-8-12(20(25)30)3-4-15(14)23/h1-8,13H,9-11H2,(H2,25,30)(H,27,29). The number of carbonyl (C=O) groups is 1. The van der Waals surface area contributed by atoms with Crippen LogP contribution in [0.2, 0.25) is 0 Å². The number of hydrogen-bond donors (Lipinski definition) is 2. The van der Waals surface area contributed by atoms with Gasteiger partial charge >= 0.3 is 0 Å². The molecule has 0 aliphatic heterocycles. The molecule has 1 aliphatic rings. The maximum atomic E-state index is 14.2. The third-order valence-electron chi connectivity index (χ3n) is 5.28. The molecule has 154 valence electrons. The lowest BCUT2D eigenvalue weighted by Gasteiger charge is -2.44. The van der Waals surface area contributed by atoms with Gasteiger partial charge in [0.1, 0.15) is 23.6 Å². The number of amides is 1. The summed E-state index contributed by atoms with van der Waals surface area (Å²) in [5, 5.41) is 11.0. The number of benzene rings is 1. The Morgan fingerprint density at radius 2 is 1.93 bits per heavy atom. The van der Waals surface area contributed by atoms with Gasteiger partial charge in [-0.05, 0) is 55.3 Å². The lowest BCUT2D eigenvalue weighted by atomic mass is 9.65. The van der Waals surface area contributed by atoms with Gasteiger partial charge < -0.3 is 11.1 Å². The first-order valence-electron chi connectivity index (χ1n) is 9.30. The second kappa shape index (κ2) is 7.74. The van der Waals surface area contributed by atoms with Crippen molar-refractivity contribution in [1.29, 1.82) is 0 Å². The predicted octanol–water partition coefficient (Wildman–Crippen LogP) is 3.40. The van der Waals surface area contributed by atoms with Gasteiger partial charge in [-0.25, -0.2) is 13.2 Å². The fourth-order valence-corrected chi connectivity index (χ4v) is 3.69. The molecule has 3 aromatic rings. The van der Waals surface area contributed by atoms with E-state index in [4.69, 9.17) is 5.73 Å². The molecule has 0 bridgehead atoms. The zero-order valence-electron chi connectivity index (χ0n) is 15.8. The van der Waals surface area contributed by atoms with E-state index < -0.39 is 29.1 Å². The van der Waals surface area contributed by atoms with Crippen molar-refractivity contribution in [3.05, 3.63) is 71.6 Å². The summed E-state index contributed by atoms with van der Waals surface area (Å²) in [6, 6.07) is 9.64. The third-order valence-corrected chi connectivity index (χ3v) is 5.28. The van der Waals surface area contributed by atoms with E-state index in [1.165, 1.54) is 36.5 Å². The smallest absolute Gasteiger partial charge is 0.248 e.